The van der Waals surface area contributed by atoms with Crippen molar-refractivity contribution >= 4 is 17.9 Å². The number of benzene rings is 1. The van der Waals surface area contributed by atoms with Crippen LogP contribution in [-0.4, -0.2) is 78.5 Å². The molecule has 0 N–H and O–H groups in total. The van der Waals surface area contributed by atoms with Crippen LogP contribution in [0.3, 0.4) is 0 Å². The Hall–Kier alpha value is -2.57. The maximum absolute atomic E-state index is 13.0. The third kappa shape index (κ3) is 3.50. The number of hydrogen-bond acceptors (Lipinski definition) is 4. The fourth-order valence-corrected chi connectivity index (χ4v) is 4.31. The highest BCUT2D eigenvalue weighted by Crippen LogP contribution is 2.40. The van der Waals surface area contributed by atoms with E-state index in [1.165, 1.54) is 10.5 Å². The molecule has 3 fully saturated rings. The smallest absolute Gasteiger partial charge is 0.410 e. The number of ether oxygens (including phenoxy) is 1. The van der Waals surface area contributed by atoms with E-state index >= 15 is 0 Å². The zero-order valence-electron chi connectivity index (χ0n) is 15.4. The lowest BCUT2D eigenvalue weighted by molar-refractivity contribution is -0.136. The van der Waals surface area contributed by atoms with Crippen molar-refractivity contribution in [3.63, 3.8) is 0 Å². The van der Waals surface area contributed by atoms with Gasteiger partial charge in [0.15, 0.2) is 0 Å². The highest BCUT2D eigenvalue weighted by atomic mass is 16.6. The summed E-state index contributed by atoms with van der Waals surface area (Å²) in [6.45, 7) is 3.36. The number of likely N-dealkylation sites (tertiary alicyclic amines) is 2. The first-order chi connectivity index (χ1) is 13.1. The third-order valence-electron chi connectivity index (χ3n) is 5.99. The summed E-state index contributed by atoms with van der Waals surface area (Å²) in [5.74, 6) is 0.0792. The Morgan fingerprint density at radius 1 is 1.04 bits per heavy atom. The zero-order valence-corrected chi connectivity index (χ0v) is 15.4. The molecule has 1 spiro atoms. The summed E-state index contributed by atoms with van der Waals surface area (Å²) < 4.78 is 4.87. The molecule has 7 heteroatoms. The van der Waals surface area contributed by atoms with Crippen LogP contribution in [0.4, 0.5) is 4.79 Å². The Labute approximate surface area is 158 Å². The average molecular weight is 371 g/mol. The second kappa shape index (κ2) is 7.21. The Balaban J connectivity index is 1.32. The van der Waals surface area contributed by atoms with Gasteiger partial charge >= 0.3 is 6.09 Å². The minimum Gasteiger partial charge on any atom is -0.448 e. The summed E-state index contributed by atoms with van der Waals surface area (Å²) in [5, 5.41) is 0. The summed E-state index contributed by atoms with van der Waals surface area (Å²) in [5.41, 5.74) is 0.796. The molecule has 144 valence electrons. The summed E-state index contributed by atoms with van der Waals surface area (Å²) in [7, 11) is 0. The van der Waals surface area contributed by atoms with Gasteiger partial charge in [-0.3, -0.25) is 14.5 Å². The largest absolute Gasteiger partial charge is 0.448 e. The van der Waals surface area contributed by atoms with Crippen LogP contribution in [0, 0.1) is 5.41 Å². The molecule has 0 aromatic heterocycles. The molecule has 0 radical (unpaired) electrons. The van der Waals surface area contributed by atoms with Crippen molar-refractivity contribution in [2.75, 3.05) is 45.9 Å². The lowest BCUT2D eigenvalue weighted by atomic mass is 9.85. The van der Waals surface area contributed by atoms with Gasteiger partial charge in [-0.05, 0) is 24.8 Å². The van der Waals surface area contributed by atoms with Gasteiger partial charge in [-0.2, -0.15) is 0 Å². The fourth-order valence-electron chi connectivity index (χ4n) is 4.31. The number of rotatable bonds is 5. The van der Waals surface area contributed by atoms with E-state index in [9.17, 15) is 14.4 Å². The normalized spacial score (nSPS) is 25.0. The van der Waals surface area contributed by atoms with Crippen molar-refractivity contribution in [3.05, 3.63) is 35.9 Å². The van der Waals surface area contributed by atoms with Gasteiger partial charge in [-0.1, -0.05) is 30.3 Å². The van der Waals surface area contributed by atoms with E-state index in [1.807, 2.05) is 23.1 Å². The SMILES string of the molecule is O=C(CN1CCOC1=O)N1CCC2(CCN(CCc3ccccc3)C2=O)C1. The minimum atomic E-state index is -0.433. The Bertz CT molecular complexity index is 738. The molecule has 3 amide bonds. The van der Waals surface area contributed by atoms with Crippen LogP contribution in [-0.2, 0) is 20.7 Å². The number of carbonyl (C=O) groups excluding carboxylic acids is 3. The molecule has 0 bridgehead atoms. The topological polar surface area (TPSA) is 70.2 Å². The van der Waals surface area contributed by atoms with Crippen LogP contribution in [0.5, 0.6) is 0 Å². The molecule has 1 unspecified atom stereocenters. The minimum absolute atomic E-state index is 0.0425. The molecule has 1 aromatic rings. The predicted molar refractivity (Wildman–Crippen MR) is 97.9 cm³/mol. The van der Waals surface area contributed by atoms with Crippen LogP contribution in [0.25, 0.3) is 0 Å². The molecular weight excluding hydrogens is 346 g/mol. The molecule has 27 heavy (non-hydrogen) atoms. The first-order valence-electron chi connectivity index (χ1n) is 9.60. The van der Waals surface area contributed by atoms with Gasteiger partial charge in [0.25, 0.3) is 0 Å². The van der Waals surface area contributed by atoms with Crippen LogP contribution in [0.15, 0.2) is 30.3 Å². The molecule has 1 aromatic carbocycles. The summed E-state index contributed by atoms with van der Waals surface area (Å²) in [6, 6.07) is 10.2. The number of hydrogen-bond donors (Lipinski definition) is 0. The van der Waals surface area contributed by atoms with Crippen molar-refractivity contribution in [1.82, 2.24) is 14.7 Å². The van der Waals surface area contributed by atoms with Crippen LogP contribution >= 0.6 is 0 Å². The van der Waals surface area contributed by atoms with Gasteiger partial charge in [0, 0.05) is 26.2 Å². The molecule has 3 heterocycles. The molecule has 3 saturated heterocycles. The first-order valence-corrected chi connectivity index (χ1v) is 9.60. The van der Waals surface area contributed by atoms with Gasteiger partial charge < -0.3 is 14.5 Å². The van der Waals surface area contributed by atoms with Gasteiger partial charge in [0.2, 0.25) is 11.8 Å². The molecular formula is C20H25N3O4. The van der Waals surface area contributed by atoms with Crippen LogP contribution < -0.4 is 0 Å². The summed E-state index contributed by atoms with van der Waals surface area (Å²) in [6.07, 6.45) is 1.93. The number of cyclic esters (lactones) is 1. The van der Waals surface area contributed by atoms with Crippen molar-refractivity contribution in [2.45, 2.75) is 19.3 Å². The predicted octanol–water partition coefficient (Wildman–Crippen LogP) is 1.13. The van der Waals surface area contributed by atoms with Crippen molar-refractivity contribution in [3.8, 4) is 0 Å². The molecule has 0 aliphatic carbocycles. The lowest BCUT2D eigenvalue weighted by Crippen LogP contribution is -2.42. The van der Waals surface area contributed by atoms with E-state index in [2.05, 4.69) is 12.1 Å². The van der Waals surface area contributed by atoms with Gasteiger partial charge in [0.1, 0.15) is 13.2 Å². The number of amides is 3. The first kappa shape index (κ1) is 17.8. The fraction of sp³-hybridized carbons (Fsp3) is 0.550. The quantitative estimate of drug-likeness (QED) is 0.778. The van der Waals surface area contributed by atoms with E-state index in [0.29, 0.717) is 32.7 Å². The van der Waals surface area contributed by atoms with Crippen molar-refractivity contribution < 1.29 is 19.1 Å². The summed E-state index contributed by atoms with van der Waals surface area (Å²) >= 11 is 0. The van der Waals surface area contributed by atoms with Crippen LogP contribution in [0.2, 0.25) is 0 Å². The molecule has 3 aliphatic heterocycles. The van der Waals surface area contributed by atoms with E-state index in [4.69, 9.17) is 4.74 Å². The second-order valence-corrected chi connectivity index (χ2v) is 7.66. The van der Waals surface area contributed by atoms with Gasteiger partial charge in [-0.25, -0.2) is 4.79 Å². The van der Waals surface area contributed by atoms with E-state index in [0.717, 1.165) is 25.9 Å². The molecule has 0 saturated carbocycles. The molecule has 4 rings (SSSR count). The maximum Gasteiger partial charge on any atom is 0.410 e. The Morgan fingerprint density at radius 2 is 1.81 bits per heavy atom. The zero-order chi connectivity index (χ0) is 18.9. The monoisotopic (exact) mass is 371 g/mol. The van der Waals surface area contributed by atoms with E-state index in [-0.39, 0.29) is 18.4 Å². The summed E-state index contributed by atoms with van der Waals surface area (Å²) in [4.78, 5) is 42.2. The number of carbonyl (C=O) groups is 3. The Kier molecular flexibility index (Phi) is 4.76. The highest BCUT2D eigenvalue weighted by molar-refractivity contribution is 5.88. The van der Waals surface area contributed by atoms with Gasteiger partial charge in [-0.15, -0.1) is 0 Å². The average Bonchev–Trinajstić information content (AvgIpc) is 3.37. The molecule has 7 nitrogen and oxygen atoms in total. The Morgan fingerprint density at radius 3 is 2.56 bits per heavy atom. The highest BCUT2D eigenvalue weighted by Gasteiger charge is 2.51. The maximum atomic E-state index is 13.0. The van der Waals surface area contributed by atoms with Crippen molar-refractivity contribution in [2.24, 2.45) is 5.41 Å². The van der Waals surface area contributed by atoms with Crippen molar-refractivity contribution in [1.29, 1.82) is 0 Å². The van der Waals surface area contributed by atoms with E-state index in [1.54, 1.807) is 4.90 Å². The number of nitrogens with zero attached hydrogens (tertiary/aromatic N) is 3. The second-order valence-electron chi connectivity index (χ2n) is 7.66. The van der Waals surface area contributed by atoms with Crippen LogP contribution in [0.1, 0.15) is 18.4 Å². The third-order valence-corrected chi connectivity index (χ3v) is 5.99. The van der Waals surface area contributed by atoms with Gasteiger partial charge in [0.05, 0.1) is 12.0 Å². The lowest BCUT2D eigenvalue weighted by Gasteiger charge is -2.24. The molecule has 1 atom stereocenters. The van der Waals surface area contributed by atoms with E-state index < -0.39 is 11.5 Å². The standard InChI is InChI=1S/C20H25N3O4/c24-17(14-22-12-13-27-19(22)26)23-11-8-20(15-23)7-10-21(18(20)25)9-6-16-4-2-1-3-5-16/h1-5H,6-15H2. The molecule has 3 aliphatic rings.